The van der Waals surface area contributed by atoms with E-state index in [9.17, 15) is 0 Å². The van der Waals surface area contributed by atoms with Crippen LogP contribution in [-0.4, -0.2) is 34.9 Å². The van der Waals surface area contributed by atoms with Crippen LogP contribution in [0.1, 0.15) is 0 Å². The van der Waals surface area contributed by atoms with Gasteiger partial charge in [-0.3, -0.25) is 9.97 Å². The Hall–Kier alpha value is -7.25. The molecule has 4 heterocycles. The van der Waals surface area contributed by atoms with E-state index in [1.165, 1.54) is 0 Å². The first-order valence-corrected chi connectivity index (χ1v) is 17.0. The molecule has 0 aliphatic rings. The van der Waals surface area contributed by atoms with Gasteiger partial charge in [-0.05, 0) is 58.7 Å². The highest BCUT2D eigenvalue weighted by atomic mass is 15.0. The van der Waals surface area contributed by atoms with Crippen LogP contribution in [-0.2, 0) is 0 Å². The zero-order valence-corrected chi connectivity index (χ0v) is 27.9. The maximum atomic E-state index is 5.09. The van der Waals surface area contributed by atoms with Crippen molar-refractivity contribution in [3.8, 4) is 79.1 Å². The Balaban J connectivity index is 1.08. The average molecular weight is 668 g/mol. The minimum Gasteiger partial charge on any atom is -0.264 e. The molecule has 0 saturated carbocycles. The Morgan fingerprint density at radius 3 is 1.40 bits per heavy atom. The van der Waals surface area contributed by atoms with Crippen molar-refractivity contribution in [2.75, 3.05) is 0 Å². The average Bonchev–Trinajstić information content (AvgIpc) is 3.24. The topological polar surface area (TPSA) is 90.2 Å². The molecular weight excluding hydrogens is 639 g/mol. The second kappa shape index (κ2) is 13.6. The first kappa shape index (κ1) is 30.8. The van der Waals surface area contributed by atoms with Gasteiger partial charge in [0.1, 0.15) is 11.4 Å². The van der Waals surface area contributed by atoms with E-state index in [0.717, 1.165) is 66.9 Å². The molecule has 9 aromatic rings. The van der Waals surface area contributed by atoms with E-state index in [1.807, 2.05) is 84.9 Å². The fraction of sp³-hybridized carbons (Fsp3) is 0. The molecule has 0 aliphatic heterocycles. The summed E-state index contributed by atoms with van der Waals surface area (Å²) >= 11 is 0. The molecular formula is C45H29N7. The van der Waals surface area contributed by atoms with Crippen LogP contribution in [0, 0.1) is 0 Å². The predicted octanol–water partition coefficient (Wildman–Crippen LogP) is 10.3. The van der Waals surface area contributed by atoms with Gasteiger partial charge < -0.3 is 0 Å². The number of nitrogens with zero attached hydrogens (tertiary/aromatic N) is 7. The number of rotatable bonds is 7. The van der Waals surface area contributed by atoms with Gasteiger partial charge in [-0.15, -0.1) is 0 Å². The van der Waals surface area contributed by atoms with E-state index in [-0.39, 0.29) is 0 Å². The van der Waals surface area contributed by atoms with E-state index >= 15 is 0 Å². The Labute approximate surface area is 300 Å². The monoisotopic (exact) mass is 667 g/mol. The summed E-state index contributed by atoms with van der Waals surface area (Å²) < 4.78 is 0. The molecule has 7 nitrogen and oxygen atoms in total. The van der Waals surface area contributed by atoms with E-state index < -0.39 is 0 Å². The fourth-order valence-electron chi connectivity index (χ4n) is 6.22. The van der Waals surface area contributed by atoms with Crippen LogP contribution in [0.4, 0.5) is 0 Å². The Kier molecular flexibility index (Phi) is 8.04. The van der Waals surface area contributed by atoms with Crippen molar-refractivity contribution < 1.29 is 0 Å². The first-order valence-electron chi connectivity index (χ1n) is 17.0. The third kappa shape index (κ3) is 6.19. The first-order chi connectivity index (χ1) is 25.7. The molecule has 0 radical (unpaired) electrons. The molecule has 9 rings (SSSR count). The SMILES string of the molecule is c1ccc(-c2ccc(-c3nc(-c4ccccc4)nc(-c4ccc(-c5ccc6nc(-c7cccnc7)c(-c7ccccn7)nc6c5)cc4)n3)cc2)cc1. The van der Waals surface area contributed by atoms with Crippen molar-refractivity contribution >= 4 is 11.0 Å². The summed E-state index contributed by atoms with van der Waals surface area (Å²) in [6.45, 7) is 0. The molecule has 52 heavy (non-hydrogen) atoms. The van der Waals surface area contributed by atoms with Gasteiger partial charge in [-0.25, -0.2) is 24.9 Å². The van der Waals surface area contributed by atoms with Crippen LogP contribution in [0.2, 0.25) is 0 Å². The van der Waals surface area contributed by atoms with Crippen LogP contribution in [0.25, 0.3) is 90.1 Å². The Morgan fingerprint density at radius 2 is 0.808 bits per heavy atom. The smallest absolute Gasteiger partial charge is 0.164 e. The Bertz CT molecular complexity index is 2630. The minimum atomic E-state index is 0.606. The second-order valence-electron chi connectivity index (χ2n) is 12.3. The zero-order chi connectivity index (χ0) is 34.7. The molecule has 0 saturated heterocycles. The predicted molar refractivity (Wildman–Crippen MR) is 207 cm³/mol. The van der Waals surface area contributed by atoms with Gasteiger partial charge in [0, 0.05) is 40.8 Å². The minimum absolute atomic E-state index is 0.606. The van der Waals surface area contributed by atoms with Gasteiger partial charge in [0.2, 0.25) is 0 Å². The van der Waals surface area contributed by atoms with Crippen molar-refractivity contribution in [1.29, 1.82) is 0 Å². The lowest BCUT2D eigenvalue weighted by Gasteiger charge is -2.11. The van der Waals surface area contributed by atoms with Crippen LogP contribution >= 0.6 is 0 Å². The summed E-state index contributed by atoms with van der Waals surface area (Å²) in [5, 5.41) is 0. The molecule has 0 atom stereocenters. The van der Waals surface area contributed by atoms with Gasteiger partial charge in [0.05, 0.1) is 16.7 Å². The molecule has 0 unspecified atom stereocenters. The maximum Gasteiger partial charge on any atom is 0.164 e. The standard InChI is InChI=1S/C45H29N7/c1-3-10-30(11-4-1)31-16-20-34(21-17-31)44-50-43(33-12-5-2-6-13-33)51-45(52-44)35-22-18-32(19-23-35)36-24-25-38-40(28-36)49-42(39-15-7-8-27-47-39)41(48-38)37-14-9-26-46-29-37/h1-29H. The third-order valence-electron chi connectivity index (χ3n) is 8.90. The molecule has 244 valence electrons. The summed E-state index contributed by atoms with van der Waals surface area (Å²) in [6.07, 6.45) is 5.33. The molecule has 4 aromatic heterocycles. The summed E-state index contributed by atoms with van der Waals surface area (Å²) in [4.78, 5) is 33.8. The highest BCUT2D eigenvalue weighted by molar-refractivity contribution is 5.88. The number of pyridine rings is 2. The maximum absolute atomic E-state index is 5.09. The summed E-state index contributed by atoms with van der Waals surface area (Å²) in [5.41, 5.74) is 11.8. The highest BCUT2D eigenvalue weighted by Gasteiger charge is 2.16. The largest absolute Gasteiger partial charge is 0.264 e. The quantitative estimate of drug-likeness (QED) is 0.167. The molecule has 0 fully saturated rings. The van der Waals surface area contributed by atoms with Crippen LogP contribution in [0.15, 0.2) is 176 Å². The Morgan fingerprint density at radius 1 is 0.308 bits per heavy atom. The van der Waals surface area contributed by atoms with E-state index in [4.69, 9.17) is 24.9 Å². The number of fused-ring (bicyclic) bond motifs is 1. The number of benzene rings is 5. The van der Waals surface area contributed by atoms with E-state index in [0.29, 0.717) is 23.2 Å². The lowest BCUT2D eigenvalue weighted by Crippen LogP contribution is -2.00. The van der Waals surface area contributed by atoms with Crippen molar-refractivity contribution in [3.05, 3.63) is 176 Å². The molecule has 7 heteroatoms. The lowest BCUT2D eigenvalue weighted by atomic mass is 10.0. The number of hydrogen-bond acceptors (Lipinski definition) is 7. The van der Waals surface area contributed by atoms with Gasteiger partial charge in [-0.1, -0.05) is 121 Å². The summed E-state index contributed by atoms with van der Waals surface area (Å²) in [6, 6.07) is 52.9. The number of aromatic nitrogens is 7. The highest BCUT2D eigenvalue weighted by Crippen LogP contribution is 2.33. The molecule has 0 bridgehead atoms. The van der Waals surface area contributed by atoms with Gasteiger partial charge in [-0.2, -0.15) is 0 Å². The fourth-order valence-corrected chi connectivity index (χ4v) is 6.22. The molecule has 5 aromatic carbocycles. The van der Waals surface area contributed by atoms with Gasteiger partial charge in [0.15, 0.2) is 17.5 Å². The van der Waals surface area contributed by atoms with Crippen molar-refractivity contribution in [1.82, 2.24) is 34.9 Å². The van der Waals surface area contributed by atoms with E-state index in [2.05, 4.69) is 82.8 Å². The van der Waals surface area contributed by atoms with Crippen molar-refractivity contribution in [2.45, 2.75) is 0 Å². The molecule has 0 aliphatic carbocycles. The van der Waals surface area contributed by atoms with Crippen molar-refractivity contribution in [2.24, 2.45) is 0 Å². The lowest BCUT2D eigenvalue weighted by molar-refractivity contribution is 1.07. The van der Waals surface area contributed by atoms with Gasteiger partial charge in [0.25, 0.3) is 0 Å². The normalized spacial score (nSPS) is 11.1. The van der Waals surface area contributed by atoms with Crippen LogP contribution < -0.4 is 0 Å². The molecule has 0 spiro atoms. The zero-order valence-electron chi connectivity index (χ0n) is 27.9. The van der Waals surface area contributed by atoms with E-state index in [1.54, 1.807) is 18.6 Å². The van der Waals surface area contributed by atoms with Crippen molar-refractivity contribution in [3.63, 3.8) is 0 Å². The third-order valence-corrected chi connectivity index (χ3v) is 8.90. The summed E-state index contributed by atoms with van der Waals surface area (Å²) in [5.74, 6) is 1.85. The van der Waals surface area contributed by atoms with Crippen LogP contribution in [0.5, 0.6) is 0 Å². The summed E-state index contributed by atoms with van der Waals surface area (Å²) in [7, 11) is 0. The van der Waals surface area contributed by atoms with Crippen LogP contribution in [0.3, 0.4) is 0 Å². The molecule has 0 N–H and O–H groups in total. The number of hydrogen-bond donors (Lipinski definition) is 0. The molecule has 0 amide bonds. The van der Waals surface area contributed by atoms with Gasteiger partial charge >= 0.3 is 0 Å². The second-order valence-corrected chi connectivity index (χ2v) is 12.3.